The Balaban J connectivity index is 1.78. The molecule has 98 valence electrons. The smallest absolute Gasteiger partial charge is 0.244 e. The van der Waals surface area contributed by atoms with Gasteiger partial charge in [0.05, 0.1) is 0 Å². The first-order chi connectivity index (χ1) is 9.24. The molecule has 0 atom stereocenters. The summed E-state index contributed by atoms with van der Waals surface area (Å²) < 4.78 is 0.986. The minimum absolute atomic E-state index is 0.125. The van der Waals surface area contributed by atoms with Crippen molar-refractivity contribution in [1.82, 2.24) is 20.5 Å². The van der Waals surface area contributed by atoms with Crippen molar-refractivity contribution in [2.24, 2.45) is 0 Å². The summed E-state index contributed by atoms with van der Waals surface area (Å²) in [5, 5.41) is 9.26. The normalized spacial score (nSPS) is 10.8. The fourth-order valence-electron chi connectivity index (χ4n) is 1.50. The van der Waals surface area contributed by atoms with E-state index in [4.69, 9.17) is 0 Å². The number of halogens is 1. The molecule has 0 saturated heterocycles. The Kier molecular flexibility index (Phi) is 4.85. The van der Waals surface area contributed by atoms with E-state index in [9.17, 15) is 4.79 Å². The number of benzene rings is 1. The summed E-state index contributed by atoms with van der Waals surface area (Å²) in [5.41, 5.74) is 0.972. The van der Waals surface area contributed by atoms with Crippen LogP contribution in [0.25, 0.3) is 6.08 Å². The number of nitrogens with one attached hydrogen (secondary N) is 2. The van der Waals surface area contributed by atoms with Crippen molar-refractivity contribution in [3.8, 4) is 0 Å². The molecule has 0 aliphatic carbocycles. The fraction of sp³-hybridized carbons (Fsp3) is 0.154. The lowest BCUT2D eigenvalue weighted by atomic mass is 10.2. The molecule has 0 fully saturated rings. The van der Waals surface area contributed by atoms with Gasteiger partial charge in [-0.1, -0.05) is 28.1 Å². The van der Waals surface area contributed by atoms with Crippen LogP contribution in [0.2, 0.25) is 0 Å². The van der Waals surface area contributed by atoms with Crippen LogP contribution in [0.15, 0.2) is 41.1 Å². The van der Waals surface area contributed by atoms with Gasteiger partial charge < -0.3 is 5.32 Å². The van der Waals surface area contributed by atoms with Crippen LogP contribution < -0.4 is 5.32 Å². The van der Waals surface area contributed by atoms with Gasteiger partial charge in [0.1, 0.15) is 12.2 Å². The molecule has 0 radical (unpaired) electrons. The highest BCUT2D eigenvalue weighted by Gasteiger charge is 1.98. The number of H-pyrrole nitrogens is 1. The lowest BCUT2D eigenvalue weighted by molar-refractivity contribution is -0.116. The number of aromatic amines is 1. The number of rotatable bonds is 5. The number of hydrogen-bond donors (Lipinski definition) is 2. The number of carbonyl (C=O) groups is 1. The number of carbonyl (C=O) groups excluding carboxylic acids is 1. The first-order valence-corrected chi connectivity index (χ1v) is 6.59. The van der Waals surface area contributed by atoms with Crippen LogP contribution in [0, 0.1) is 0 Å². The third-order valence-corrected chi connectivity index (χ3v) is 2.90. The van der Waals surface area contributed by atoms with E-state index in [2.05, 4.69) is 36.4 Å². The summed E-state index contributed by atoms with van der Waals surface area (Å²) in [7, 11) is 0. The zero-order valence-corrected chi connectivity index (χ0v) is 11.7. The van der Waals surface area contributed by atoms with E-state index >= 15 is 0 Å². The zero-order valence-electron chi connectivity index (χ0n) is 10.1. The molecule has 1 heterocycles. The Labute approximate surface area is 119 Å². The van der Waals surface area contributed by atoms with Gasteiger partial charge in [-0.15, -0.1) is 0 Å². The van der Waals surface area contributed by atoms with Crippen LogP contribution >= 0.6 is 15.9 Å². The predicted octanol–water partition coefficient (Wildman–Crippen LogP) is 1.94. The summed E-state index contributed by atoms with van der Waals surface area (Å²) in [6.07, 6.45) is 5.37. The van der Waals surface area contributed by atoms with Gasteiger partial charge in [-0.25, -0.2) is 4.98 Å². The minimum Gasteiger partial charge on any atom is -0.352 e. The number of aromatic nitrogens is 3. The quantitative estimate of drug-likeness (QED) is 0.827. The Bertz CT molecular complexity index is 566. The summed E-state index contributed by atoms with van der Waals surface area (Å²) in [6, 6.07) is 7.74. The van der Waals surface area contributed by atoms with E-state index in [1.165, 1.54) is 12.4 Å². The Morgan fingerprint density at radius 1 is 1.47 bits per heavy atom. The number of nitrogens with zero attached hydrogens (tertiary/aromatic N) is 2. The second-order valence-electron chi connectivity index (χ2n) is 3.86. The van der Waals surface area contributed by atoms with Crippen LogP contribution in [0.3, 0.4) is 0 Å². The molecule has 0 unspecified atom stereocenters. The van der Waals surface area contributed by atoms with E-state index in [-0.39, 0.29) is 5.91 Å². The minimum atomic E-state index is -0.125. The monoisotopic (exact) mass is 320 g/mol. The average Bonchev–Trinajstić information content (AvgIpc) is 2.90. The summed E-state index contributed by atoms with van der Waals surface area (Å²) >= 11 is 3.38. The molecule has 0 bridgehead atoms. The predicted molar refractivity (Wildman–Crippen MR) is 76.3 cm³/mol. The van der Waals surface area contributed by atoms with E-state index in [0.717, 1.165) is 15.9 Å². The molecular formula is C13H13BrN4O. The van der Waals surface area contributed by atoms with E-state index in [1.54, 1.807) is 6.08 Å². The van der Waals surface area contributed by atoms with Crippen molar-refractivity contribution in [2.45, 2.75) is 6.42 Å². The van der Waals surface area contributed by atoms with Gasteiger partial charge in [0, 0.05) is 23.5 Å². The van der Waals surface area contributed by atoms with E-state index in [0.29, 0.717) is 13.0 Å². The maximum absolute atomic E-state index is 11.6. The SMILES string of the molecule is O=C(C=Cc1cccc(Br)c1)NCCc1ncn[nH]1. The fourth-order valence-corrected chi connectivity index (χ4v) is 1.91. The van der Waals surface area contributed by atoms with Crippen LogP contribution in [-0.2, 0) is 11.2 Å². The molecule has 0 aliphatic rings. The van der Waals surface area contributed by atoms with Gasteiger partial charge in [-0.3, -0.25) is 9.89 Å². The van der Waals surface area contributed by atoms with Gasteiger partial charge in [0.25, 0.3) is 0 Å². The molecule has 0 spiro atoms. The molecule has 2 rings (SSSR count). The number of hydrogen-bond acceptors (Lipinski definition) is 3. The van der Waals surface area contributed by atoms with E-state index in [1.807, 2.05) is 24.3 Å². The van der Waals surface area contributed by atoms with Crippen molar-refractivity contribution in [2.75, 3.05) is 6.54 Å². The maximum atomic E-state index is 11.6. The summed E-state index contributed by atoms with van der Waals surface area (Å²) in [6.45, 7) is 0.525. The lowest BCUT2D eigenvalue weighted by Crippen LogP contribution is -2.23. The van der Waals surface area contributed by atoms with Crippen LogP contribution in [0.4, 0.5) is 0 Å². The molecule has 0 aliphatic heterocycles. The van der Waals surface area contributed by atoms with Gasteiger partial charge in [0.15, 0.2) is 0 Å². The molecule has 1 amide bonds. The highest BCUT2D eigenvalue weighted by atomic mass is 79.9. The van der Waals surface area contributed by atoms with Crippen molar-refractivity contribution in [3.05, 3.63) is 52.5 Å². The molecule has 1 aromatic heterocycles. The second kappa shape index (κ2) is 6.84. The highest BCUT2D eigenvalue weighted by Crippen LogP contribution is 2.12. The summed E-state index contributed by atoms with van der Waals surface area (Å²) in [5.74, 6) is 0.635. The summed E-state index contributed by atoms with van der Waals surface area (Å²) in [4.78, 5) is 15.5. The first-order valence-electron chi connectivity index (χ1n) is 5.80. The largest absolute Gasteiger partial charge is 0.352 e. The number of amides is 1. The third-order valence-electron chi connectivity index (χ3n) is 2.40. The van der Waals surface area contributed by atoms with Crippen molar-refractivity contribution in [1.29, 1.82) is 0 Å². The Morgan fingerprint density at radius 3 is 3.11 bits per heavy atom. The first kappa shape index (κ1) is 13.5. The molecule has 1 aromatic carbocycles. The van der Waals surface area contributed by atoms with Crippen molar-refractivity contribution in [3.63, 3.8) is 0 Å². The van der Waals surface area contributed by atoms with Crippen LogP contribution in [-0.4, -0.2) is 27.6 Å². The molecular weight excluding hydrogens is 308 g/mol. The van der Waals surface area contributed by atoms with Gasteiger partial charge in [-0.05, 0) is 23.8 Å². The zero-order chi connectivity index (χ0) is 13.5. The Hall–Kier alpha value is -1.95. The average molecular weight is 321 g/mol. The third kappa shape index (κ3) is 4.67. The van der Waals surface area contributed by atoms with Crippen molar-refractivity contribution < 1.29 is 4.79 Å². The molecule has 2 N–H and O–H groups in total. The lowest BCUT2D eigenvalue weighted by Gasteiger charge is -1.99. The highest BCUT2D eigenvalue weighted by molar-refractivity contribution is 9.10. The van der Waals surface area contributed by atoms with Crippen LogP contribution in [0.5, 0.6) is 0 Å². The van der Waals surface area contributed by atoms with Gasteiger partial charge in [0.2, 0.25) is 5.91 Å². The Morgan fingerprint density at radius 2 is 2.37 bits per heavy atom. The van der Waals surface area contributed by atoms with Crippen molar-refractivity contribution >= 4 is 27.9 Å². The molecule has 5 nitrogen and oxygen atoms in total. The molecule has 2 aromatic rings. The topological polar surface area (TPSA) is 70.7 Å². The molecule has 0 saturated carbocycles. The van der Waals surface area contributed by atoms with Gasteiger partial charge >= 0.3 is 0 Å². The maximum Gasteiger partial charge on any atom is 0.244 e. The standard InChI is InChI=1S/C13H13BrN4O/c14-11-3-1-2-10(8-11)4-5-13(19)15-7-6-12-16-9-17-18-12/h1-5,8-9H,6-7H2,(H,15,19)(H,16,17,18). The second-order valence-corrected chi connectivity index (χ2v) is 4.78. The molecule has 19 heavy (non-hydrogen) atoms. The van der Waals surface area contributed by atoms with Gasteiger partial charge in [-0.2, -0.15) is 5.10 Å². The molecule has 6 heteroatoms. The van der Waals surface area contributed by atoms with Crippen LogP contribution in [0.1, 0.15) is 11.4 Å². The van der Waals surface area contributed by atoms with E-state index < -0.39 is 0 Å².